The number of pyridine rings is 1. The standard InChI is InChI=1S/C30H29ClF6N4O2/c1-18(42)40-9-11-41(12-10-40)26-16-23(22-7-5-6-8-24(22)31)25(17-38-26)39(4)27(43)28(2,3)19-13-20(29(32,33)34)15-21(14-19)30(35,36)37/h5-8,13-17H,9-12H2,1-4H3. The van der Waals surface area contributed by atoms with Gasteiger partial charge < -0.3 is 14.7 Å². The van der Waals surface area contributed by atoms with Crippen molar-refractivity contribution < 1.29 is 35.9 Å². The van der Waals surface area contributed by atoms with E-state index in [2.05, 4.69) is 4.98 Å². The van der Waals surface area contributed by atoms with Crippen LogP contribution in [0, 0.1) is 0 Å². The molecule has 1 aliphatic heterocycles. The summed E-state index contributed by atoms with van der Waals surface area (Å²) in [6.45, 7) is 6.03. The summed E-state index contributed by atoms with van der Waals surface area (Å²) in [5, 5.41) is 0.357. The molecule has 0 unspecified atom stereocenters. The molecule has 0 aliphatic carbocycles. The second-order valence-electron chi connectivity index (χ2n) is 10.8. The second kappa shape index (κ2) is 11.7. The number of benzene rings is 2. The number of hydrogen-bond acceptors (Lipinski definition) is 4. The fourth-order valence-corrected chi connectivity index (χ4v) is 5.23. The maximum Gasteiger partial charge on any atom is 0.416 e. The van der Waals surface area contributed by atoms with Gasteiger partial charge in [0.1, 0.15) is 5.82 Å². The molecule has 230 valence electrons. The van der Waals surface area contributed by atoms with Gasteiger partial charge in [0.15, 0.2) is 0 Å². The lowest BCUT2D eigenvalue weighted by Crippen LogP contribution is -2.48. The van der Waals surface area contributed by atoms with Crippen molar-refractivity contribution >= 4 is 34.9 Å². The largest absolute Gasteiger partial charge is 0.416 e. The van der Waals surface area contributed by atoms with E-state index in [9.17, 15) is 35.9 Å². The lowest BCUT2D eigenvalue weighted by Gasteiger charge is -2.36. The summed E-state index contributed by atoms with van der Waals surface area (Å²) in [6, 6.07) is 9.73. The predicted molar refractivity (Wildman–Crippen MR) is 152 cm³/mol. The Morgan fingerprint density at radius 3 is 1.88 bits per heavy atom. The Bertz CT molecular complexity index is 1500. The fourth-order valence-electron chi connectivity index (χ4n) is 4.99. The highest BCUT2D eigenvalue weighted by Gasteiger charge is 2.41. The molecule has 4 rings (SSSR count). The van der Waals surface area contributed by atoms with Gasteiger partial charge in [-0.25, -0.2) is 4.98 Å². The van der Waals surface area contributed by atoms with E-state index in [1.165, 1.54) is 34.0 Å². The number of halogens is 7. The molecule has 1 aromatic heterocycles. The highest BCUT2D eigenvalue weighted by Crippen LogP contribution is 2.41. The minimum Gasteiger partial charge on any atom is -0.353 e. The number of carbonyl (C=O) groups excluding carboxylic acids is 2. The van der Waals surface area contributed by atoms with Crippen LogP contribution in [-0.2, 0) is 27.4 Å². The van der Waals surface area contributed by atoms with Gasteiger partial charge in [0.25, 0.3) is 0 Å². The molecule has 0 bridgehead atoms. The molecule has 43 heavy (non-hydrogen) atoms. The number of alkyl halides is 6. The van der Waals surface area contributed by atoms with E-state index in [-0.39, 0.29) is 17.7 Å². The Balaban J connectivity index is 1.77. The molecule has 0 radical (unpaired) electrons. The summed E-state index contributed by atoms with van der Waals surface area (Å²) in [6.07, 6.45) is -8.70. The molecule has 6 nitrogen and oxygen atoms in total. The molecule has 13 heteroatoms. The number of likely N-dealkylation sites (N-methyl/N-ethyl adjacent to an activating group) is 1. The van der Waals surface area contributed by atoms with Crippen LogP contribution in [0.1, 0.15) is 37.5 Å². The molecule has 1 saturated heterocycles. The Labute approximate surface area is 249 Å². The third kappa shape index (κ3) is 6.74. The van der Waals surface area contributed by atoms with Crippen molar-refractivity contribution in [1.29, 1.82) is 0 Å². The highest BCUT2D eigenvalue weighted by atomic mass is 35.5. The van der Waals surface area contributed by atoms with Crippen LogP contribution in [0.5, 0.6) is 0 Å². The predicted octanol–water partition coefficient (Wildman–Crippen LogP) is 7.05. The van der Waals surface area contributed by atoms with Gasteiger partial charge in [-0.3, -0.25) is 9.59 Å². The van der Waals surface area contributed by atoms with Gasteiger partial charge in [-0.2, -0.15) is 26.3 Å². The van der Waals surface area contributed by atoms with Gasteiger partial charge in [0.2, 0.25) is 11.8 Å². The van der Waals surface area contributed by atoms with Crippen molar-refractivity contribution in [3.63, 3.8) is 0 Å². The molecular formula is C30H29ClF6N4O2. The SMILES string of the molecule is CC(=O)N1CCN(c2cc(-c3ccccc3Cl)c(N(C)C(=O)C(C)(C)c3cc(C(F)(F)F)cc(C(F)(F)F)c3)cn2)CC1. The van der Waals surface area contributed by atoms with Gasteiger partial charge in [0, 0.05) is 56.3 Å². The third-order valence-corrected chi connectivity index (χ3v) is 7.92. The summed E-state index contributed by atoms with van der Waals surface area (Å²) < 4.78 is 81.4. The van der Waals surface area contributed by atoms with Crippen molar-refractivity contribution in [2.45, 2.75) is 38.5 Å². The van der Waals surface area contributed by atoms with Crippen LogP contribution in [0.25, 0.3) is 11.1 Å². The first-order chi connectivity index (χ1) is 19.9. The second-order valence-corrected chi connectivity index (χ2v) is 11.2. The molecule has 1 fully saturated rings. The average molecular weight is 627 g/mol. The summed E-state index contributed by atoms with van der Waals surface area (Å²) in [5.74, 6) is -0.252. The summed E-state index contributed by atoms with van der Waals surface area (Å²) >= 11 is 6.52. The van der Waals surface area contributed by atoms with Crippen LogP contribution in [0.15, 0.2) is 54.7 Å². The van der Waals surface area contributed by atoms with E-state index in [1.807, 2.05) is 4.90 Å². The van der Waals surface area contributed by atoms with Crippen LogP contribution >= 0.6 is 11.6 Å². The van der Waals surface area contributed by atoms with Crippen molar-refractivity contribution in [2.75, 3.05) is 43.0 Å². The van der Waals surface area contributed by atoms with Crippen molar-refractivity contribution in [3.8, 4) is 11.1 Å². The molecule has 1 aliphatic rings. The first-order valence-electron chi connectivity index (χ1n) is 13.2. The first-order valence-corrected chi connectivity index (χ1v) is 13.6. The Morgan fingerprint density at radius 1 is 0.837 bits per heavy atom. The number of piperazine rings is 1. The Hall–Kier alpha value is -3.80. The van der Waals surface area contributed by atoms with E-state index < -0.39 is 40.4 Å². The number of nitrogens with zero attached hydrogens (tertiary/aromatic N) is 4. The zero-order valence-electron chi connectivity index (χ0n) is 23.8. The lowest BCUT2D eigenvalue weighted by atomic mass is 9.81. The Kier molecular flexibility index (Phi) is 8.74. The van der Waals surface area contributed by atoms with E-state index in [0.29, 0.717) is 60.3 Å². The molecule has 2 amide bonds. The molecule has 2 aromatic carbocycles. The van der Waals surface area contributed by atoms with E-state index in [0.717, 1.165) is 4.90 Å². The smallest absolute Gasteiger partial charge is 0.353 e. The number of amides is 2. The number of aromatic nitrogens is 1. The van der Waals surface area contributed by atoms with Crippen LogP contribution in [0.4, 0.5) is 37.8 Å². The van der Waals surface area contributed by atoms with Crippen LogP contribution in [0.3, 0.4) is 0 Å². The normalized spacial score (nSPS) is 14.6. The van der Waals surface area contributed by atoms with Crippen LogP contribution in [0.2, 0.25) is 5.02 Å². The topological polar surface area (TPSA) is 56.8 Å². The van der Waals surface area contributed by atoms with Crippen molar-refractivity contribution in [2.24, 2.45) is 0 Å². The van der Waals surface area contributed by atoms with Crippen LogP contribution < -0.4 is 9.80 Å². The van der Waals surface area contributed by atoms with Gasteiger partial charge >= 0.3 is 12.4 Å². The van der Waals surface area contributed by atoms with E-state index in [1.54, 1.807) is 35.2 Å². The molecular weight excluding hydrogens is 598 g/mol. The maximum atomic E-state index is 13.9. The molecule has 3 aromatic rings. The lowest BCUT2D eigenvalue weighted by molar-refractivity contribution is -0.143. The average Bonchev–Trinajstić information content (AvgIpc) is 2.95. The fraction of sp³-hybridized carbons (Fsp3) is 0.367. The molecule has 0 N–H and O–H groups in total. The number of carbonyl (C=O) groups is 2. The molecule has 2 heterocycles. The zero-order chi connectivity index (χ0) is 31.9. The first kappa shape index (κ1) is 32.1. The van der Waals surface area contributed by atoms with E-state index in [4.69, 9.17) is 11.6 Å². The van der Waals surface area contributed by atoms with Crippen molar-refractivity contribution in [3.05, 3.63) is 76.4 Å². The van der Waals surface area contributed by atoms with E-state index >= 15 is 0 Å². The number of rotatable bonds is 5. The molecule has 0 spiro atoms. The third-order valence-electron chi connectivity index (χ3n) is 7.59. The molecule has 0 atom stereocenters. The maximum absolute atomic E-state index is 13.9. The minimum absolute atomic E-state index is 0.0299. The summed E-state index contributed by atoms with van der Waals surface area (Å²) in [7, 11) is 1.38. The van der Waals surface area contributed by atoms with Gasteiger partial charge in [-0.05, 0) is 49.7 Å². The Morgan fingerprint density at radius 2 is 1.37 bits per heavy atom. The van der Waals surface area contributed by atoms with Crippen LogP contribution in [-0.4, -0.2) is 54.9 Å². The number of hydrogen-bond donors (Lipinski definition) is 0. The number of anilines is 2. The monoisotopic (exact) mass is 626 g/mol. The summed E-state index contributed by atoms with van der Waals surface area (Å²) in [4.78, 5) is 35.0. The van der Waals surface area contributed by atoms with Gasteiger partial charge in [0.05, 0.1) is 28.4 Å². The van der Waals surface area contributed by atoms with Crippen molar-refractivity contribution in [1.82, 2.24) is 9.88 Å². The minimum atomic E-state index is -5.06. The molecule has 0 saturated carbocycles. The zero-order valence-corrected chi connectivity index (χ0v) is 24.5. The van der Waals surface area contributed by atoms with Gasteiger partial charge in [-0.15, -0.1) is 0 Å². The quantitative estimate of drug-likeness (QED) is 0.285. The highest BCUT2D eigenvalue weighted by molar-refractivity contribution is 6.33. The van der Waals surface area contributed by atoms with Gasteiger partial charge in [-0.1, -0.05) is 29.8 Å². The summed E-state index contributed by atoms with van der Waals surface area (Å²) in [5.41, 5.74) is -3.99.